The Morgan fingerprint density at radius 2 is 0.825 bits per heavy atom. The number of phosphoric acid groups is 1. The number of aliphatic hydroxyl groups excluding tert-OH is 5. The van der Waals surface area contributed by atoms with Crippen LogP contribution in [0.4, 0.5) is 0 Å². The van der Waals surface area contributed by atoms with E-state index in [9.17, 15) is 44.6 Å². The molecule has 0 heterocycles. The van der Waals surface area contributed by atoms with Crippen molar-refractivity contribution in [2.75, 3.05) is 13.2 Å². The van der Waals surface area contributed by atoms with Crippen LogP contribution in [0.25, 0.3) is 0 Å². The number of allylic oxidation sites excluding steroid dienone is 20. The number of hydrogen-bond donors (Lipinski definition) is 6. The summed E-state index contributed by atoms with van der Waals surface area (Å²) in [5.74, 6) is -1.25. The van der Waals surface area contributed by atoms with Crippen molar-refractivity contribution in [2.24, 2.45) is 0 Å². The van der Waals surface area contributed by atoms with Gasteiger partial charge in [-0.05, 0) is 89.9 Å². The Morgan fingerprint density at radius 1 is 0.492 bits per heavy atom. The van der Waals surface area contributed by atoms with Crippen LogP contribution in [0.1, 0.15) is 117 Å². The van der Waals surface area contributed by atoms with Crippen molar-refractivity contribution in [1.29, 1.82) is 0 Å². The van der Waals surface area contributed by atoms with Crippen LogP contribution in [-0.4, -0.2) is 98.3 Å². The molecular formula is C49H75O13P. The molecule has 1 saturated carbocycles. The summed E-state index contributed by atoms with van der Waals surface area (Å²) in [6, 6.07) is 0. The molecule has 6 unspecified atom stereocenters. The average Bonchev–Trinajstić information content (AvgIpc) is 3.26. The van der Waals surface area contributed by atoms with Crippen molar-refractivity contribution >= 4 is 19.8 Å². The highest BCUT2D eigenvalue weighted by atomic mass is 31.2. The number of carbonyl (C=O) groups is 2. The maximum Gasteiger partial charge on any atom is 0.472 e. The summed E-state index contributed by atoms with van der Waals surface area (Å²) >= 11 is 0. The van der Waals surface area contributed by atoms with Crippen molar-refractivity contribution in [1.82, 2.24) is 0 Å². The second kappa shape index (κ2) is 37.6. The standard InChI is InChI=1S/C49H75O13P/c1-3-5-7-9-11-13-15-17-19-21-23-25-27-29-31-33-35-37-42(50)59-39-41(40-60-63(57,58)62-49-47(55)45(53)44(52)46(54)48(49)56)61-43(51)38-36-34-32-30-28-26-24-22-20-18-16-14-12-10-8-6-4-2/h5-8,11-14,17-20,23-26,29-32,41,44-49,52-56H,3-4,9-10,15-16,21-22,27-28,33-40H2,1-2H3,(H,57,58)/b7-5+,8-6+,13-11+,14-12+,19-17+,20-18+,25-23+,26-24+,31-29+,32-30+/t41-,44?,45-,46?,47?,48?,49?/m0/s1. The summed E-state index contributed by atoms with van der Waals surface area (Å²) in [5.41, 5.74) is 0. The molecule has 1 fully saturated rings. The number of unbranched alkanes of at least 4 members (excludes halogenated alkanes) is 2. The highest BCUT2D eigenvalue weighted by Crippen LogP contribution is 2.47. The molecule has 0 aromatic carbocycles. The maximum absolute atomic E-state index is 12.8. The van der Waals surface area contributed by atoms with Gasteiger partial charge in [0.05, 0.1) is 6.61 Å². The summed E-state index contributed by atoms with van der Waals surface area (Å²) in [5, 5.41) is 50.1. The molecule has 63 heavy (non-hydrogen) atoms. The second-order valence-corrected chi connectivity index (χ2v) is 16.2. The quantitative estimate of drug-likeness (QED) is 0.0155. The van der Waals surface area contributed by atoms with Gasteiger partial charge >= 0.3 is 19.8 Å². The summed E-state index contributed by atoms with van der Waals surface area (Å²) in [4.78, 5) is 35.6. The van der Waals surface area contributed by atoms with Gasteiger partial charge in [0.1, 0.15) is 43.2 Å². The fourth-order valence-electron chi connectivity index (χ4n) is 5.77. The molecule has 0 spiro atoms. The van der Waals surface area contributed by atoms with Crippen LogP contribution in [0, 0.1) is 0 Å². The summed E-state index contributed by atoms with van der Waals surface area (Å²) < 4.78 is 33.4. The van der Waals surface area contributed by atoms with Gasteiger partial charge in [-0.15, -0.1) is 0 Å². The molecule has 0 amide bonds. The molecule has 0 aromatic heterocycles. The smallest absolute Gasteiger partial charge is 0.462 e. The van der Waals surface area contributed by atoms with Gasteiger partial charge < -0.3 is 39.9 Å². The predicted molar refractivity (Wildman–Crippen MR) is 248 cm³/mol. The van der Waals surface area contributed by atoms with E-state index in [2.05, 4.69) is 111 Å². The van der Waals surface area contributed by atoms with E-state index in [1.807, 2.05) is 24.3 Å². The van der Waals surface area contributed by atoms with E-state index in [4.69, 9.17) is 18.5 Å². The minimum absolute atomic E-state index is 0.00213. The molecule has 8 atom stereocenters. The first-order valence-electron chi connectivity index (χ1n) is 22.3. The highest BCUT2D eigenvalue weighted by Gasteiger charge is 2.51. The van der Waals surface area contributed by atoms with E-state index in [1.165, 1.54) is 0 Å². The van der Waals surface area contributed by atoms with Gasteiger partial charge in [0.15, 0.2) is 6.10 Å². The minimum atomic E-state index is -5.16. The largest absolute Gasteiger partial charge is 0.472 e. The van der Waals surface area contributed by atoms with Gasteiger partial charge in [0.25, 0.3) is 0 Å². The summed E-state index contributed by atoms with van der Waals surface area (Å²) in [7, 11) is -5.16. The minimum Gasteiger partial charge on any atom is -0.462 e. The first-order chi connectivity index (χ1) is 30.4. The van der Waals surface area contributed by atoms with E-state index in [0.29, 0.717) is 25.7 Å². The first-order valence-corrected chi connectivity index (χ1v) is 23.8. The lowest BCUT2D eigenvalue weighted by molar-refractivity contribution is -0.220. The third kappa shape index (κ3) is 30.1. The zero-order valence-electron chi connectivity index (χ0n) is 37.3. The van der Waals surface area contributed by atoms with Gasteiger partial charge in [-0.3, -0.25) is 18.6 Å². The number of hydrogen-bond acceptors (Lipinski definition) is 12. The highest BCUT2D eigenvalue weighted by molar-refractivity contribution is 7.47. The van der Waals surface area contributed by atoms with Gasteiger partial charge in [-0.1, -0.05) is 135 Å². The molecule has 13 nitrogen and oxygen atoms in total. The lowest BCUT2D eigenvalue weighted by Crippen LogP contribution is -2.64. The number of phosphoric ester groups is 1. The number of carbonyl (C=O) groups excluding carboxylic acids is 2. The second-order valence-electron chi connectivity index (χ2n) is 14.8. The van der Waals surface area contributed by atoms with Crippen molar-refractivity contribution in [3.8, 4) is 0 Å². The predicted octanol–water partition coefficient (Wildman–Crippen LogP) is 8.61. The van der Waals surface area contributed by atoms with E-state index >= 15 is 0 Å². The van der Waals surface area contributed by atoms with E-state index in [-0.39, 0.29) is 12.8 Å². The van der Waals surface area contributed by atoms with Crippen LogP contribution in [-0.2, 0) is 32.7 Å². The molecule has 6 N–H and O–H groups in total. The molecular weight excluding hydrogens is 827 g/mol. The Bertz CT molecular complexity index is 1560. The van der Waals surface area contributed by atoms with E-state index in [0.717, 1.165) is 64.2 Å². The molecule has 0 bridgehead atoms. The Labute approximate surface area is 375 Å². The number of rotatable bonds is 34. The normalized spacial score (nSPS) is 22.9. The van der Waals surface area contributed by atoms with E-state index < -0.39 is 75.7 Å². The molecule has 0 saturated heterocycles. The molecule has 0 aromatic rings. The molecule has 14 heteroatoms. The fraction of sp³-hybridized carbons (Fsp3) is 0.551. The lowest BCUT2D eigenvalue weighted by Gasteiger charge is -2.41. The van der Waals surface area contributed by atoms with Crippen molar-refractivity contribution < 1.29 is 63.1 Å². The monoisotopic (exact) mass is 902 g/mol. The van der Waals surface area contributed by atoms with Gasteiger partial charge in [-0.25, -0.2) is 4.57 Å². The number of aliphatic hydroxyl groups is 5. The lowest BCUT2D eigenvalue weighted by atomic mass is 9.85. The summed E-state index contributed by atoms with van der Waals surface area (Å²) in [6.07, 6.45) is 39.8. The Kier molecular flexibility index (Phi) is 34.2. The van der Waals surface area contributed by atoms with Crippen LogP contribution in [0.3, 0.4) is 0 Å². The van der Waals surface area contributed by atoms with Crippen molar-refractivity contribution in [3.05, 3.63) is 122 Å². The number of esters is 2. The van der Waals surface area contributed by atoms with Gasteiger partial charge in [0.2, 0.25) is 0 Å². The van der Waals surface area contributed by atoms with Crippen LogP contribution in [0.2, 0.25) is 0 Å². The van der Waals surface area contributed by atoms with Crippen molar-refractivity contribution in [3.63, 3.8) is 0 Å². The summed E-state index contributed by atoms with van der Waals surface area (Å²) in [6.45, 7) is 2.95. The fourth-order valence-corrected chi connectivity index (χ4v) is 6.74. The molecule has 0 aliphatic heterocycles. The SMILES string of the molecule is CC/C=C/C/C=C/C/C=C/C/C=C/C/C=C/CCCC(=O)OC[C@@H](COP(=O)(O)OC1C(O)C(O)C(O)[C@H](O)C1O)OC(=O)CCC/C=C/C/C=C/C/C=C/C/C=C/C/C=C/CC. The van der Waals surface area contributed by atoms with Crippen LogP contribution >= 0.6 is 7.82 Å². The van der Waals surface area contributed by atoms with Crippen LogP contribution < -0.4 is 0 Å². The third-order valence-corrected chi connectivity index (χ3v) is 10.3. The van der Waals surface area contributed by atoms with Gasteiger partial charge in [-0.2, -0.15) is 0 Å². The molecule has 0 radical (unpaired) electrons. The van der Waals surface area contributed by atoms with Crippen LogP contribution in [0.5, 0.6) is 0 Å². The molecule has 1 aliphatic rings. The third-order valence-electron chi connectivity index (χ3n) is 9.30. The molecule has 1 aliphatic carbocycles. The average molecular weight is 903 g/mol. The Morgan fingerprint density at radius 3 is 1.21 bits per heavy atom. The van der Waals surface area contributed by atoms with Gasteiger partial charge in [0, 0.05) is 12.8 Å². The zero-order valence-corrected chi connectivity index (χ0v) is 38.2. The molecule has 354 valence electrons. The topological polar surface area (TPSA) is 210 Å². The molecule has 1 rings (SSSR count). The Hall–Kier alpha value is -3.75. The Balaban J connectivity index is 2.58. The maximum atomic E-state index is 12.8. The zero-order chi connectivity index (χ0) is 46.4. The van der Waals surface area contributed by atoms with E-state index in [1.54, 1.807) is 0 Å². The van der Waals surface area contributed by atoms with Crippen molar-refractivity contribution in [2.45, 2.75) is 159 Å². The number of ether oxygens (including phenoxy) is 2. The van der Waals surface area contributed by atoms with Crippen LogP contribution in [0.15, 0.2) is 122 Å². The first kappa shape index (κ1) is 57.3.